The van der Waals surface area contributed by atoms with E-state index < -0.39 is 0 Å². The summed E-state index contributed by atoms with van der Waals surface area (Å²) in [5.74, 6) is 0.118. The maximum atomic E-state index is 11.0. The van der Waals surface area contributed by atoms with Gasteiger partial charge in [0.2, 0.25) is 5.91 Å². The summed E-state index contributed by atoms with van der Waals surface area (Å²) in [6, 6.07) is 0. The lowest BCUT2D eigenvalue weighted by Gasteiger charge is -2.18. The smallest absolute Gasteiger partial charge is 0.224 e. The molecular formula is C11H15NO. The normalized spacial score (nSPS) is 18.6. The predicted octanol–water partition coefficient (Wildman–Crippen LogP) is 2.30. The van der Waals surface area contributed by atoms with Crippen LogP contribution in [-0.4, -0.2) is 5.91 Å². The van der Waals surface area contributed by atoms with Crippen LogP contribution < -0.4 is 5.32 Å². The van der Waals surface area contributed by atoms with E-state index in [1.807, 2.05) is 19.9 Å². The number of allylic oxidation sites excluding steroid dienone is 5. The van der Waals surface area contributed by atoms with Crippen LogP contribution in [0.15, 0.2) is 35.6 Å². The molecule has 0 aliphatic carbocycles. The monoisotopic (exact) mass is 177 g/mol. The van der Waals surface area contributed by atoms with E-state index in [4.69, 9.17) is 0 Å². The van der Waals surface area contributed by atoms with Crippen LogP contribution in [-0.2, 0) is 4.79 Å². The Kier molecular flexibility index (Phi) is 3.07. The second kappa shape index (κ2) is 4.08. The van der Waals surface area contributed by atoms with Crippen LogP contribution in [0.4, 0.5) is 0 Å². The maximum Gasteiger partial charge on any atom is 0.224 e. The van der Waals surface area contributed by atoms with Crippen LogP contribution in [0.1, 0.15) is 26.7 Å². The lowest BCUT2D eigenvalue weighted by Crippen LogP contribution is -2.26. The highest BCUT2D eigenvalue weighted by Crippen LogP contribution is 2.22. The summed E-state index contributed by atoms with van der Waals surface area (Å²) in [6.07, 6.45) is 5.17. The van der Waals surface area contributed by atoms with Crippen LogP contribution in [0.2, 0.25) is 0 Å². The fourth-order valence-electron chi connectivity index (χ4n) is 1.54. The van der Waals surface area contributed by atoms with E-state index in [1.165, 1.54) is 11.1 Å². The van der Waals surface area contributed by atoms with Crippen LogP contribution >= 0.6 is 0 Å². The first-order valence-corrected chi connectivity index (χ1v) is 4.44. The first-order chi connectivity index (χ1) is 6.15. The van der Waals surface area contributed by atoms with Crippen LogP contribution in [0.5, 0.6) is 0 Å². The van der Waals surface area contributed by atoms with Gasteiger partial charge in [0.1, 0.15) is 0 Å². The average molecular weight is 177 g/mol. The number of carbonyl (C=O) groups is 1. The van der Waals surface area contributed by atoms with Crippen molar-refractivity contribution >= 4 is 5.91 Å². The quantitative estimate of drug-likeness (QED) is 0.644. The van der Waals surface area contributed by atoms with Crippen molar-refractivity contribution in [3.05, 3.63) is 35.6 Å². The number of amides is 1. The molecule has 0 unspecified atom stereocenters. The second-order valence-corrected chi connectivity index (χ2v) is 3.24. The summed E-state index contributed by atoms with van der Waals surface area (Å²) >= 11 is 0. The molecule has 0 atom stereocenters. The Morgan fingerprint density at radius 3 is 2.77 bits per heavy atom. The van der Waals surface area contributed by atoms with E-state index in [-0.39, 0.29) is 5.91 Å². The Morgan fingerprint density at radius 2 is 2.23 bits per heavy atom. The van der Waals surface area contributed by atoms with Gasteiger partial charge in [-0.25, -0.2) is 0 Å². The van der Waals surface area contributed by atoms with Crippen LogP contribution in [0.25, 0.3) is 0 Å². The number of hydrogen-bond acceptors (Lipinski definition) is 1. The van der Waals surface area contributed by atoms with Gasteiger partial charge in [-0.3, -0.25) is 4.79 Å². The van der Waals surface area contributed by atoms with Gasteiger partial charge in [0.25, 0.3) is 0 Å². The maximum absolute atomic E-state index is 11.0. The molecule has 1 amide bonds. The molecule has 2 nitrogen and oxygen atoms in total. The first-order valence-electron chi connectivity index (χ1n) is 4.44. The fraction of sp³-hybridized carbons (Fsp3) is 0.364. The molecule has 1 heterocycles. The van der Waals surface area contributed by atoms with E-state index in [9.17, 15) is 4.79 Å². The molecule has 1 aliphatic heterocycles. The van der Waals surface area contributed by atoms with Gasteiger partial charge in [0.15, 0.2) is 0 Å². The molecule has 0 bridgehead atoms. The summed E-state index contributed by atoms with van der Waals surface area (Å²) in [5.41, 5.74) is 3.40. The zero-order valence-corrected chi connectivity index (χ0v) is 8.18. The largest absolute Gasteiger partial charge is 0.330 e. The minimum Gasteiger partial charge on any atom is -0.330 e. The van der Waals surface area contributed by atoms with Crippen molar-refractivity contribution in [2.45, 2.75) is 26.7 Å². The molecule has 2 heteroatoms. The Hall–Kier alpha value is -1.31. The predicted molar refractivity (Wildman–Crippen MR) is 54.0 cm³/mol. The van der Waals surface area contributed by atoms with Gasteiger partial charge in [0.05, 0.1) is 0 Å². The molecule has 1 rings (SSSR count). The summed E-state index contributed by atoms with van der Waals surface area (Å²) < 4.78 is 0. The molecule has 0 aromatic rings. The van der Waals surface area contributed by atoms with E-state index in [1.54, 1.807) is 6.08 Å². The number of rotatable bonds is 2. The van der Waals surface area contributed by atoms with Crippen LogP contribution in [0, 0.1) is 0 Å². The summed E-state index contributed by atoms with van der Waals surface area (Å²) in [5, 5.41) is 2.83. The van der Waals surface area contributed by atoms with Crippen molar-refractivity contribution in [2.24, 2.45) is 0 Å². The molecular weight excluding hydrogens is 162 g/mol. The highest BCUT2D eigenvalue weighted by molar-refractivity contribution is 5.80. The van der Waals surface area contributed by atoms with E-state index in [0.29, 0.717) is 6.42 Å². The molecule has 0 radical (unpaired) electrons. The summed E-state index contributed by atoms with van der Waals surface area (Å²) in [4.78, 5) is 11.0. The van der Waals surface area contributed by atoms with Crippen molar-refractivity contribution < 1.29 is 4.79 Å². The molecule has 70 valence electrons. The van der Waals surface area contributed by atoms with Crippen molar-refractivity contribution in [1.82, 2.24) is 5.32 Å². The third kappa shape index (κ3) is 2.31. The topological polar surface area (TPSA) is 29.1 Å². The number of carbonyl (C=O) groups excluding carboxylic acids is 1. The Labute approximate surface area is 79.0 Å². The lowest BCUT2D eigenvalue weighted by atomic mass is 9.97. The highest BCUT2D eigenvalue weighted by atomic mass is 16.1. The van der Waals surface area contributed by atoms with Gasteiger partial charge in [-0.1, -0.05) is 18.7 Å². The SMILES string of the molecule is C=C/C=C(/C)C1=C(C)NC(=O)CC1. The third-order valence-corrected chi connectivity index (χ3v) is 2.23. The van der Waals surface area contributed by atoms with Crippen molar-refractivity contribution in [3.63, 3.8) is 0 Å². The number of hydrogen-bond donors (Lipinski definition) is 1. The van der Waals surface area contributed by atoms with Crippen molar-refractivity contribution in [3.8, 4) is 0 Å². The van der Waals surface area contributed by atoms with Gasteiger partial charge in [0, 0.05) is 12.1 Å². The lowest BCUT2D eigenvalue weighted by molar-refractivity contribution is -0.120. The van der Waals surface area contributed by atoms with Gasteiger partial charge in [-0.05, 0) is 31.4 Å². The minimum absolute atomic E-state index is 0.118. The summed E-state index contributed by atoms with van der Waals surface area (Å²) in [7, 11) is 0. The number of nitrogens with one attached hydrogen (secondary N) is 1. The van der Waals surface area contributed by atoms with Gasteiger partial charge < -0.3 is 5.32 Å². The molecule has 0 saturated carbocycles. The van der Waals surface area contributed by atoms with Crippen molar-refractivity contribution in [1.29, 1.82) is 0 Å². The standard InChI is InChI=1S/C11H15NO/c1-4-5-8(2)10-6-7-11(13)12-9(10)3/h4-5H,1,6-7H2,2-3H3,(H,12,13)/b8-5-. The zero-order chi connectivity index (χ0) is 9.84. The molecule has 0 aromatic heterocycles. The Balaban J connectivity index is 2.91. The van der Waals surface area contributed by atoms with Gasteiger partial charge in [-0.15, -0.1) is 0 Å². The third-order valence-electron chi connectivity index (χ3n) is 2.23. The zero-order valence-electron chi connectivity index (χ0n) is 8.18. The molecule has 0 saturated heterocycles. The first kappa shape index (κ1) is 9.78. The minimum atomic E-state index is 0.118. The molecule has 1 N–H and O–H groups in total. The summed E-state index contributed by atoms with van der Waals surface area (Å²) in [6.45, 7) is 7.63. The van der Waals surface area contributed by atoms with Crippen LogP contribution in [0.3, 0.4) is 0 Å². The second-order valence-electron chi connectivity index (χ2n) is 3.24. The molecule has 0 spiro atoms. The van der Waals surface area contributed by atoms with Crippen molar-refractivity contribution in [2.75, 3.05) is 0 Å². The van der Waals surface area contributed by atoms with E-state index in [2.05, 4.69) is 11.9 Å². The fourth-order valence-corrected chi connectivity index (χ4v) is 1.54. The van der Waals surface area contributed by atoms with Gasteiger partial charge >= 0.3 is 0 Å². The molecule has 0 aromatic carbocycles. The highest BCUT2D eigenvalue weighted by Gasteiger charge is 2.14. The van der Waals surface area contributed by atoms with E-state index >= 15 is 0 Å². The Morgan fingerprint density at radius 1 is 1.54 bits per heavy atom. The average Bonchev–Trinajstić information content (AvgIpc) is 2.04. The molecule has 1 aliphatic rings. The Bertz CT molecular complexity index is 297. The van der Waals surface area contributed by atoms with Gasteiger partial charge in [-0.2, -0.15) is 0 Å². The molecule has 13 heavy (non-hydrogen) atoms. The molecule has 0 fully saturated rings. The van der Waals surface area contributed by atoms with E-state index in [0.717, 1.165) is 12.1 Å².